The summed E-state index contributed by atoms with van der Waals surface area (Å²) < 4.78 is 27.9. The maximum Gasteiger partial charge on any atom is 0.293 e. The van der Waals surface area contributed by atoms with Gasteiger partial charge >= 0.3 is 0 Å². The zero-order chi connectivity index (χ0) is 19.4. The van der Waals surface area contributed by atoms with Gasteiger partial charge in [-0.1, -0.05) is 18.2 Å². The zero-order valence-corrected chi connectivity index (χ0v) is 15.6. The van der Waals surface area contributed by atoms with E-state index in [-0.39, 0.29) is 10.6 Å². The first-order valence-corrected chi connectivity index (χ1v) is 9.90. The van der Waals surface area contributed by atoms with E-state index in [0.29, 0.717) is 12.2 Å². The minimum absolute atomic E-state index is 0.138. The van der Waals surface area contributed by atoms with Crippen LogP contribution >= 0.6 is 0 Å². The number of fused-ring (bicyclic) bond motifs is 1. The number of nitrogens with zero attached hydrogens (tertiary/aromatic N) is 2. The van der Waals surface area contributed by atoms with Gasteiger partial charge in [0.05, 0.1) is 9.82 Å². The number of hydrogen-bond acceptors (Lipinski definition) is 5. The molecule has 1 heterocycles. The van der Waals surface area contributed by atoms with Crippen LogP contribution < -0.4 is 10.0 Å². The van der Waals surface area contributed by atoms with Gasteiger partial charge in [-0.2, -0.15) is 0 Å². The number of nitro benzene ring substituents is 1. The van der Waals surface area contributed by atoms with Crippen molar-refractivity contribution in [2.24, 2.45) is 0 Å². The average molecular weight is 388 g/mol. The van der Waals surface area contributed by atoms with Crippen LogP contribution in [0.5, 0.6) is 0 Å². The number of benzene rings is 2. The van der Waals surface area contributed by atoms with Gasteiger partial charge in [0.25, 0.3) is 5.69 Å². The van der Waals surface area contributed by atoms with Crippen LogP contribution in [0.2, 0.25) is 0 Å². The number of hydrogen-bond donors (Lipinski definition) is 2. The maximum absolute atomic E-state index is 11.8. The second-order valence-electron chi connectivity index (χ2n) is 5.99. The molecule has 1 aromatic heterocycles. The third-order valence-corrected chi connectivity index (χ3v) is 5.73. The standard InChI is InChI=1S/C18H20N4O4S/c1-19-27(25,26)15-7-8-16(18(13-15)22(23)24)20-10-4-11-21-12-9-14-5-2-3-6-17(14)21/h2-3,5-9,12-13,19-20H,4,10-11H2,1H3. The molecule has 0 radical (unpaired) electrons. The van der Waals surface area contributed by atoms with Crippen molar-refractivity contribution in [2.75, 3.05) is 18.9 Å². The summed E-state index contributed by atoms with van der Waals surface area (Å²) in [5, 5.41) is 15.5. The molecule has 0 amide bonds. The Kier molecular flexibility index (Phi) is 5.43. The van der Waals surface area contributed by atoms with Gasteiger partial charge in [-0.25, -0.2) is 13.1 Å². The first-order chi connectivity index (χ1) is 12.9. The Hall–Kier alpha value is -2.91. The lowest BCUT2D eigenvalue weighted by Gasteiger charge is -2.10. The quantitative estimate of drug-likeness (QED) is 0.351. The number of para-hydroxylation sites is 1. The highest BCUT2D eigenvalue weighted by atomic mass is 32.2. The van der Waals surface area contributed by atoms with E-state index in [4.69, 9.17) is 0 Å². The molecule has 3 rings (SSSR count). The van der Waals surface area contributed by atoms with Crippen LogP contribution in [0.15, 0.2) is 59.6 Å². The monoisotopic (exact) mass is 388 g/mol. The molecule has 0 saturated heterocycles. The van der Waals surface area contributed by atoms with Crippen molar-refractivity contribution in [3.05, 3.63) is 64.8 Å². The molecule has 0 atom stereocenters. The van der Waals surface area contributed by atoms with Crippen LogP contribution in [-0.2, 0) is 16.6 Å². The van der Waals surface area contributed by atoms with E-state index in [2.05, 4.69) is 26.7 Å². The minimum Gasteiger partial charge on any atom is -0.379 e. The average Bonchev–Trinajstić information content (AvgIpc) is 3.08. The van der Waals surface area contributed by atoms with Crippen LogP contribution in [0.3, 0.4) is 0 Å². The fourth-order valence-corrected chi connectivity index (χ4v) is 3.65. The highest BCUT2D eigenvalue weighted by Crippen LogP contribution is 2.27. The number of nitrogens with one attached hydrogen (secondary N) is 2. The summed E-state index contributed by atoms with van der Waals surface area (Å²) in [5.41, 5.74) is 1.18. The lowest BCUT2D eigenvalue weighted by Crippen LogP contribution is -2.18. The van der Waals surface area contributed by atoms with E-state index < -0.39 is 14.9 Å². The van der Waals surface area contributed by atoms with E-state index in [1.54, 1.807) is 0 Å². The molecule has 0 bridgehead atoms. The van der Waals surface area contributed by atoms with Crippen LogP contribution in [0.4, 0.5) is 11.4 Å². The molecule has 3 aromatic rings. The van der Waals surface area contributed by atoms with Gasteiger partial charge in [0, 0.05) is 30.9 Å². The molecule has 9 heteroatoms. The van der Waals surface area contributed by atoms with E-state index in [1.807, 2.05) is 24.4 Å². The summed E-state index contributed by atoms with van der Waals surface area (Å²) in [6.45, 7) is 1.28. The summed E-state index contributed by atoms with van der Waals surface area (Å²) in [7, 11) is -2.47. The smallest absolute Gasteiger partial charge is 0.293 e. The van der Waals surface area contributed by atoms with Crippen molar-refractivity contribution in [1.29, 1.82) is 0 Å². The molecule has 0 unspecified atom stereocenters. The molecule has 0 saturated carbocycles. The molecule has 0 spiro atoms. The third kappa shape index (κ3) is 4.09. The molecule has 8 nitrogen and oxygen atoms in total. The molecule has 2 N–H and O–H groups in total. The third-order valence-electron chi connectivity index (χ3n) is 4.32. The van der Waals surface area contributed by atoms with Crippen LogP contribution in [0.25, 0.3) is 10.9 Å². The predicted molar refractivity (Wildman–Crippen MR) is 104 cm³/mol. The van der Waals surface area contributed by atoms with Crippen molar-refractivity contribution in [1.82, 2.24) is 9.29 Å². The molecule has 2 aromatic carbocycles. The number of aromatic nitrogens is 1. The van der Waals surface area contributed by atoms with Gasteiger partial charge in [-0.05, 0) is 43.1 Å². The number of anilines is 1. The van der Waals surface area contributed by atoms with Gasteiger partial charge in [0.15, 0.2) is 0 Å². The molecule has 27 heavy (non-hydrogen) atoms. The number of aryl methyl sites for hydroxylation is 1. The number of sulfonamides is 1. The van der Waals surface area contributed by atoms with Crippen molar-refractivity contribution in [3.8, 4) is 0 Å². The van der Waals surface area contributed by atoms with E-state index in [0.717, 1.165) is 24.5 Å². The minimum atomic E-state index is -3.73. The lowest BCUT2D eigenvalue weighted by atomic mass is 10.2. The summed E-state index contributed by atoms with van der Waals surface area (Å²) in [6, 6.07) is 14.0. The maximum atomic E-state index is 11.8. The fourth-order valence-electron chi connectivity index (χ4n) is 2.91. The molecule has 0 aliphatic heterocycles. The first kappa shape index (κ1) is 18.9. The number of nitro groups is 1. The Balaban J connectivity index is 1.68. The highest BCUT2D eigenvalue weighted by molar-refractivity contribution is 7.89. The van der Waals surface area contributed by atoms with Gasteiger partial charge in [-0.15, -0.1) is 0 Å². The highest BCUT2D eigenvalue weighted by Gasteiger charge is 2.20. The van der Waals surface area contributed by atoms with Crippen molar-refractivity contribution >= 4 is 32.3 Å². The van der Waals surface area contributed by atoms with Crippen molar-refractivity contribution in [2.45, 2.75) is 17.9 Å². The Morgan fingerprint density at radius 3 is 2.67 bits per heavy atom. The van der Waals surface area contributed by atoms with Gasteiger partial charge in [0.2, 0.25) is 10.0 Å². The molecule has 142 valence electrons. The normalized spacial score (nSPS) is 11.6. The summed E-state index contributed by atoms with van der Waals surface area (Å²) in [5.74, 6) is 0. The topological polar surface area (TPSA) is 106 Å². The van der Waals surface area contributed by atoms with E-state index in [9.17, 15) is 18.5 Å². The van der Waals surface area contributed by atoms with E-state index in [1.165, 1.54) is 24.6 Å². The van der Waals surface area contributed by atoms with Gasteiger partial charge in [-0.3, -0.25) is 10.1 Å². The van der Waals surface area contributed by atoms with Crippen LogP contribution in [0, 0.1) is 10.1 Å². The summed E-state index contributed by atoms with van der Waals surface area (Å²) >= 11 is 0. The molecule has 0 aliphatic rings. The fraction of sp³-hybridized carbons (Fsp3) is 0.222. The summed E-state index contributed by atoms with van der Waals surface area (Å²) in [4.78, 5) is 10.6. The van der Waals surface area contributed by atoms with E-state index >= 15 is 0 Å². The molecular formula is C18H20N4O4S. The molecule has 0 fully saturated rings. The predicted octanol–water partition coefficient (Wildman–Crippen LogP) is 2.96. The first-order valence-electron chi connectivity index (χ1n) is 8.42. The Morgan fingerprint density at radius 1 is 1.15 bits per heavy atom. The van der Waals surface area contributed by atoms with Crippen LogP contribution in [-0.4, -0.2) is 31.5 Å². The second-order valence-corrected chi connectivity index (χ2v) is 7.88. The van der Waals surface area contributed by atoms with Crippen molar-refractivity contribution < 1.29 is 13.3 Å². The summed E-state index contributed by atoms with van der Waals surface area (Å²) in [6.07, 6.45) is 2.77. The van der Waals surface area contributed by atoms with Gasteiger partial charge in [0.1, 0.15) is 5.69 Å². The largest absolute Gasteiger partial charge is 0.379 e. The Morgan fingerprint density at radius 2 is 1.93 bits per heavy atom. The SMILES string of the molecule is CNS(=O)(=O)c1ccc(NCCCn2ccc3ccccc32)c([N+](=O)[O-])c1. The van der Waals surface area contributed by atoms with Gasteiger partial charge < -0.3 is 9.88 Å². The van der Waals surface area contributed by atoms with Crippen LogP contribution in [0.1, 0.15) is 6.42 Å². The Labute approximate surface area is 157 Å². The second kappa shape index (κ2) is 7.77. The lowest BCUT2D eigenvalue weighted by molar-refractivity contribution is -0.384. The zero-order valence-electron chi connectivity index (χ0n) is 14.8. The molecular weight excluding hydrogens is 368 g/mol. The number of rotatable bonds is 8. The Bertz CT molecular complexity index is 1080. The molecule has 0 aliphatic carbocycles. The van der Waals surface area contributed by atoms with Crippen molar-refractivity contribution in [3.63, 3.8) is 0 Å².